The first kappa shape index (κ1) is 24.7. The molecule has 4 aromatic rings. The standard InChI is InChI=1S/C26H29N3O5S/c1-32-21-14-12-19(13-15-21)22-23-25(27-16-8-3-4-9-17-33-35(2,30)31)28-18-29-26(23)34-24(22)20-10-6-5-7-11-20/h5-7,10-15,18H,3-4,8-9,16-17H2,1-2H3,(H,27,28,29). The Morgan fingerprint density at radius 2 is 1.66 bits per heavy atom. The highest BCUT2D eigenvalue weighted by molar-refractivity contribution is 7.85. The zero-order chi connectivity index (χ0) is 24.7. The van der Waals surface area contributed by atoms with Crippen molar-refractivity contribution in [2.45, 2.75) is 25.7 Å². The number of hydrogen-bond acceptors (Lipinski definition) is 8. The summed E-state index contributed by atoms with van der Waals surface area (Å²) < 4.78 is 38.4. The lowest BCUT2D eigenvalue weighted by molar-refractivity contribution is 0.310. The van der Waals surface area contributed by atoms with Gasteiger partial charge in [0.25, 0.3) is 10.1 Å². The molecule has 2 aromatic heterocycles. The van der Waals surface area contributed by atoms with Gasteiger partial charge in [-0.15, -0.1) is 0 Å². The van der Waals surface area contributed by atoms with Crippen molar-refractivity contribution in [3.8, 4) is 28.2 Å². The number of unbranched alkanes of at least 4 members (excludes halogenated alkanes) is 3. The molecule has 1 N–H and O–H groups in total. The number of anilines is 1. The summed E-state index contributed by atoms with van der Waals surface area (Å²) in [5.41, 5.74) is 3.38. The topological polar surface area (TPSA) is 104 Å². The predicted octanol–water partition coefficient (Wildman–Crippen LogP) is 5.51. The molecule has 0 fully saturated rings. The molecule has 9 heteroatoms. The summed E-state index contributed by atoms with van der Waals surface area (Å²) >= 11 is 0. The summed E-state index contributed by atoms with van der Waals surface area (Å²) in [4.78, 5) is 8.91. The van der Waals surface area contributed by atoms with E-state index in [4.69, 9.17) is 13.3 Å². The van der Waals surface area contributed by atoms with Crippen LogP contribution in [0.4, 0.5) is 5.82 Å². The van der Waals surface area contributed by atoms with Crippen molar-refractivity contribution in [1.29, 1.82) is 0 Å². The van der Waals surface area contributed by atoms with E-state index in [9.17, 15) is 8.42 Å². The van der Waals surface area contributed by atoms with Crippen molar-refractivity contribution in [3.05, 3.63) is 60.9 Å². The summed E-state index contributed by atoms with van der Waals surface area (Å²) in [5, 5.41) is 4.27. The third-order valence-corrected chi connectivity index (χ3v) is 6.16. The summed E-state index contributed by atoms with van der Waals surface area (Å²) in [6.45, 7) is 0.939. The lowest BCUT2D eigenvalue weighted by atomic mass is 9.99. The monoisotopic (exact) mass is 495 g/mol. The molecular weight excluding hydrogens is 466 g/mol. The second-order valence-corrected chi connectivity index (χ2v) is 9.81. The Bertz CT molecular complexity index is 1350. The third-order valence-electron chi connectivity index (χ3n) is 5.56. The molecule has 0 bridgehead atoms. The highest BCUT2D eigenvalue weighted by Gasteiger charge is 2.22. The van der Waals surface area contributed by atoms with E-state index in [1.165, 1.54) is 6.33 Å². The Morgan fingerprint density at radius 3 is 2.37 bits per heavy atom. The van der Waals surface area contributed by atoms with Crippen LogP contribution in [0.25, 0.3) is 33.6 Å². The van der Waals surface area contributed by atoms with Gasteiger partial charge in [0.1, 0.15) is 23.7 Å². The van der Waals surface area contributed by atoms with Crippen molar-refractivity contribution in [2.24, 2.45) is 0 Å². The fourth-order valence-electron chi connectivity index (χ4n) is 3.89. The Hall–Kier alpha value is -3.43. The van der Waals surface area contributed by atoms with Gasteiger partial charge in [0, 0.05) is 17.7 Å². The van der Waals surface area contributed by atoms with Crippen LogP contribution in [-0.2, 0) is 14.3 Å². The van der Waals surface area contributed by atoms with Crippen LogP contribution in [0.3, 0.4) is 0 Å². The molecule has 2 aromatic carbocycles. The molecule has 4 rings (SSSR count). The Labute approximate surface area is 205 Å². The number of aromatic nitrogens is 2. The summed E-state index contributed by atoms with van der Waals surface area (Å²) in [7, 11) is -1.72. The summed E-state index contributed by atoms with van der Waals surface area (Å²) in [6, 6.07) is 17.8. The fraction of sp³-hybridized carbons (Fsp3) is 0.308. The number of hydrogen-bond donors (Lipinski definition) is 1. The number of rotatable bonds is 12. The zero-order valence-corrected chi connectivity index (χ0v) is 20.7. The van der Waals surface area contributed by atoms with E-state index in [0.29, 0.717) is 24.5 Å². The number of furan rings is 1. The molecule has 0 saturated heterocycles. The maximum absolute atomic E-state index is 11.0. The molecule has 0 aliphatic carbocycles. The lowest BCUT2D eigenvalue weighted by Gasteiger charge is -2.09. The molecule has 0 aliphatic rings. The molecule has 35 heavy (non-hydrogen) atoms. The van der Waals surface area contributed by atoms with E-state index in [1.807, 2.05) is 54.6 Å². The molecule has 0 spiro atoms. The van der Waals surface area contributed by atoms with Crippen LogP contribution in [0.15, 0.2) is 65.3 Å². The summed E-state index contributed by atoms with van der Waals surface area (Å²) in [5.74, 6) is 2.23. The smallest absolute Gasteiger partial charge is 0.264 e. The van der Waals surface area contributed by atoms with Gasteiger partial charge in [-0.2, -0.15) is 8.42 Å². The van der Waals surface area contributed by atoms with Gasteiger partial charge in [0.15, 0.2) is 0 Å². The maximum Gasteiger partial charge on any atom is 0.264 e. The van der Waals surface area contributed by atoms with Crippen molar-refractivity contribution in [1.82, 2.24) is 9.97 Å². The van der Waals surface area contributed by atoms with Crippen LogP contribution < -0.4 is 10.1 Å². The SMILES string of the molecule is COc1ccc(-c2c(-c3ccccc3)oc3ncnc(NCCCCCCOS(C)(=O)=O)c23)cc1. The molecule has 8 nitrogen and oxygen atoms in total. The second kappa shape index (κ2) is 11.3. The van der Waals surface area contributed by atoms with Crippen molar-refractivity contribution in [3.63, 3.8) is 0 Å². The van der Waals surface area contributed by atoms with Crippen LogP contribution >= 0.6 is 0 Å². The number of nitrogens with zero attached hydrogens (tertiary/aromatic N) is 2. The molecule has 0 atom stereocenters. The number of ether oxygens (including phenoxy) is 1. The Balaban J connectivity index is 1.55. The van der Waals surface area contributed by atoms with Crippen LogP contribution in [0.2, 0.25) is 0 Å². The molecule has 0 amide bonds. The van der Waals surface area contributed by atoms with E-state index in [-0.39, 0.29) is 6.61 Å². The maximum atomic E-state index is 11.0. The molecular formula is C26H29N3O5S. The molecule has 0 saturated carbocycles. The minimum Gasteiger partial charge on any atom is -0.497 e. The van der Waals surface area contributed by atoms with Gasteiger partial charge in [-0.3, -0.25) is 4.18 Å². The van der Waals surface area contributed by atoms with Crippen LogP contribution in [0, 0.1) is 0 Å². The molecule has 0 aliphatic heterocycles. The number of methoxy groups -OCH3 is 1. The highest BCUT2D eigenvalue weighted by atomic mass is 32.2. The average Bonchev–Trinajstić information content (AvgIpc) is 3.26. The van der Waals surface area contributed by atoms with E-state index >= 15 is 0 Å². The zero-order valence-electron chi connectivity index (χ0n) is 19.9. The Kier molecular flexibility index (Phi) is 7.99. The van der Waals surface area contributed by atoms with Crippen LogP contribution in [0.1, 0.15) is 25.7 Å². The number of benzene rings is 2. The molecule has 184 valence electrons. The first-order valence-electron chi connectivity index (χ1n) is 11.5. The fourth-order valence-corrected chi connectivity index (χ4v) is 4.31. The van der Waals surface area contributed by atoms with Crippen LogP contribution in [-0.4, -0.2) is 44.9 Å². The van der Waals surface area contributed by atoms with E-state index in [1.54, 1.807) is 7.11 Å². The normalized spacial score (nSPS) is 11.6. The van der Waals surface area contributed by atoms with Gasteiger partial charge in [-0.05, 0) is 30.5 Å². The quantitative estimate of drug-likeness (QED) is 0.203. The number of fused-ring (bicyclic) bond motifs is 1. The lowest BCUT2D eigenvalue weighted by Crippen LogP contribution is -2.05. The molecule has 0 radical (unpaired) electrons. The molecule has 2 heterocycles. The average molecular weight is 496 g/mol. The van der Waals surface area contributed by atoms with Gasteiger partial charge < -0.3 is 14.5 Å². The van der Waals surface area contributed by atoms with Crippen molar-refractivity contribution >= 4 is 27.0 Å². The molecule has 0 unspecified atom stereocenters. The van der Waals surface area contributed by atoms with Gasteiger partial charge in [-0.25, -0.2) is 9.97 Å². The van der Waals surface area contributed by atoms with Crippen LogP contribution in [0.5, 0.6) is 5.75 Å². The van der Waals surface area contributed by atoms with Gasteiger partial charge in [0.05, 0.1) is 25.4 Å². The van der Waals surface area contributed by atoms with Gasteiger partial charge in [0.2, 0.25) is 5.71 Å². The first-order chi connectivity index (χ1) is 17.0. The Morgan fingerprint density at radius 1 is 0.914 bits per heavy atom. The first-order valence-corrected chi connectivity index (χ1v) is 13.3. The minimum absolute atomic E-state index is 0.224. The van der Waals surface area contributed by atoms with Crippen molar-refractivity contribution < 1.29 is 21.8 Å². The highest BCUT2D eigenvalue weighted by Crippen LogP contribution is 2.42. The number of nitrogens with one attached hydrogen (secondary N) is 1. The third kappa shape index (κ3) is 6.37. The van der Waals surface area contributed by atoms with E-state index in [2.05, 4.69) is 15.3 Å². The minimum atomic E-state index is -3.37. The van der Waals surface area contributed by atoms with Gasteiger partial charge >= 0.3 is 0 Å². The van der Waals surface area contributed by atoms with E-state index in [0.717, 1.165) is 59.1 Å². The van der Waals surface area contributed by atoms with Crippen molar-refractivity contribution in [2.75, 3.05) is 31.8 Å². The van der Waals surface area contributed by atoms with Gasteiger partial charge in [-0.1, -0.05) is 55.3 Å². The van der Waals surface area contributed by atoms with E-state index < -0.39 is 10.1 Å². The predicted molar refractivity (Wildman–Crippen MR) is 137 cm³/mol. The largest absolute Gasteiger partial charge is 0.497 e. The summed E-state index contributed by atoms with van der Waals surface area (Å²) in [6.07, 6.45) is 6.01. The second-order valence-electron chi connectivity index (χ2n) is 8.17.